The summed E-state index contributed by atoms with van der Waals surface area (Å²) in [5, 5.41) is 3.32. The molecule has 1 rings (SSSR count). The Morgan fingerprint density at radius 1 is 1.60 bits per heavy atom. The number of nitrogens with one attached hydrogen (secondary N) is 1. The van der Waals surface area contributed by atoms with Gasteiger partial charge in [0, 0.05) is 32.5 Å². The van der Waals surface area contributed by atoms with E-state index in [4.69, 9.17) is 4.74 Å². The zero-order chi connectivity index (χ0) is 11.1. The van der Waals surface area contributed by atoms with Crippen molar-refractivity contribution < 1.29 is 4.74 Å². The summed E-state index contributed by atoms with van der Waals surface area (Å²) in [7, 11) is 2.03. The molecule has 0 fully saturated rings. The van der Waals surface area contributed by atoms with Crippen LogP contribution in [0, 0.1) is 0 Å². The van der Waals surface area contributed by atoms with Gasteiger partial charge in [0.25, 0.3) is 0 Å². The molecule has 15 heavy (non-hydrogen) atoms. The quantitative estimate of drug-likeness (QED) is 0.545. The zero-order valence-electron chi connectivity index (χ0n) is 9.62. The first-order valence-corrected chi connectivity index (χ1v) is 5.22. The molecule has 3 heteroatoms. The summed E-state index contributed by atoms with van der Waals surface area (Å²) < 4.78 is 7.42. The summed E-state index contributed by atoms with van der Waals surface area (Å²) in [4.78, 5) is 0. The maximum absolute atomic E-state index is 5.37. The fraction of sp³-hybridized carbons (Fsp3) is 0.500. The van der Waals surface area contributed by atoms with Crippen molar-refractivity contribution >= 4 is 0 Å². The first kappa shape index (κ1) is 12.0. The smallest absolute Gasteiger partial charge is 0.0672 e. The van der Waals surface area contributed by atoms with Gasteiger partial charge in [0.05, 0.1) is 13.2 Å². The second kappa shape index (κ2) is 6.43. The highest BCUT2D eigenvalue weighted by Gasteiger charge is 1.93. The number of hydrogen-bond acceptors (Lipinski definition) is 2. The van der Waals surface area contributed by atoms with Crippen LogP contribution in [0.3, 0.4) is 0 Å². The Bertz CT molecular complexity index is 304. The number of ether oxygens (including phenoxy) is 1. The van der Waals surface area contributed by atoms with E-state index in [1.165, 1.54) is 5.56 Å². The Balaban J connectivity index is 2.00. The van der Waals surface area contributed by atoms with Gasteiger partial charge in [-0.15, -0.1) is 0 Å². The maximum Gasteiger partial charge on any atom is 0.0672 e. The van der Waals surface area contributed by atoms with E-state index >= 15 is 0 Å². The standard InChI is InChI=1S/C12H20N2O/c1-11(2)10-15-7-5-13-8-12-4-6-14(3)9-12/h4,6,9,13H,1,5,7-8,10H2,2-3H3. The Morgan fingerprint density at radius 2 is 2.40 bits per heavy atom. The van der Waals surface area contributed by atoms with Gasteiger partial charge in [0.1, 0.15) is 0 Å². The molecule has 0 saturated carbocycles. The molecule has 0 aliphatic rings. The molecule has 0 amide bonds. The van der Waals surface area contributed by atoms with Crippen molar-refractivity contribution in [1.82, 2.24) is 9.88 Å². The topological polar surface area (TPSA) is 26.2 Å². The lowest BCUT2D eigenvalue weighted by Crippen LogP contribution is -2.19. The van der Waals surface area contributed by atoms with Gasteiger partial charge in [-0.2, -0.15) is 0 Å². The molecule has 1 heterocycles. The van der Waals surface area contributed by atoms with Crippen LogP contribution in [-0.2, 0) is 18.3 Å². The van der Waals surface area contributed by atoms with E-state index in [1.807, 2.05) is 14.0 Å². The van der Waals surface area contributed by atoms with Gasteiger partial charge in [-0.3, -0.25) is 0 Å². The third-order valence-corrected chi connectivity index (χ3v) is 1.99. The van der Waals surface area contributed by atoms with Crippen molar-refractivity contribution in [3.8, 4) is 0 Å². The monoisotopic (exact) mass is 208 g/mol. The fourth-order valence-electron chi connectivity index (χ4n) is 1.29. The van der Waals surface area contributed by atoms with Crippen LogP contribution in [0.2, 0.25) is 0 Å². The first-order chi connectivity index (χ1) is 7.18. The molecule has 1 aromatic heterocycles. The molecule has 3 nitrogen and oxygen atoms in total. The van der Waals surface area contributed by atoms with Crippen molar-refractivity contribution in [1.29, 1.82) is 0 Å². The van der Waals surface area contributed by atoms with Crippen LogP contribution in [0.25, 0.3) is 0 Å². The molecule has 0 aliphatic carbocycles. The van der Waals surface area contributed by atoms with Gasteiger partial charge in [-0.1, -0.05) is 12.2 Å². The molecular weight excluding hydrogens is 188 g/mol. The molecule has 0 aliphatic heterocycles. The van der Waals surface area contributed by atoms with E-state index in [-0.39, 0.29) is 0 Å². The van der Waals surface area contributed by atoms with Crippen LogP contribution in [-0.4, -0.2) is 24.3 Å². The minimum absolute atomic E-state index is 0.660. The average Bonchev–Trinajstić information content (AvgIpc) is 2.57. The molecule has 0 bridgehead atoms. The summed E-state index contributed by atoms with van der Waals surface area (Å²) in [5.41, 5.74) is 2.37. The molecule has 0 aromatic carbocycles. The Hall–Kier alpha value is -1.06. The zero-order valence-corrected chi connectivity index (χ0v) is 9.62. The maximum atomic E-state index is 5.37. The summed E-state index contributed by atoms with van der Waals surface area (Å²) >= 11 is 0. The molecule has 0 saturated heterocycles. The number of hydrogen-bond donors (Lipinski definition) is 1. The summed E-state index contributed by atoms with van der Waals surface area (Å²) in [6.45, 7) is 8.92. The lowest BCUT2D eigenvalue weighted by atomic mass is 10.3. The Morgan fingerprint density at radius 3 is 3.00 bits per heavy atom. The van der Waals surface area contributed by atoms with E-state index in [0.29, 0.717) is 6.61 Å². The van der Waals surface area contributed by atoms with Gasteiger partial charge >= 0.3 is 0 Å². The van der Waals surface area contributed by atoms with Gasteiger partial charge in [0.15, 0.2) is 0 Å². The fourth-order valence-corrected chi connectivity index (χ4v) is 1.29. The lowest BCUT2D eigenvalue weighted by Gasteiger charge is -2.04. The minimum Gasteiger partial charge on any atom is -0.376 e. The van der Waals surface area contributed by atoms with E-state index in [1.54, 1.807) is 0 Å². The number of rotatable bonds is 7. The molecular formula is C12H20N2O. The Labute approximate surface area is 91.7 Å². The number of nitrogens with zero attached hydrogens (tertiary/aromatic N) is 1. The van der Waals surface area contributed by atoms with Gasteiger partial charge in [0.2, 0.25) is 0 Å². The molecule has 0 atom stereocenters. The van der Waals surface area contributed by atoms with Crippen LogP contribution < -0.4 is 5.32 Å². The minimum atomic E-state index is 0.660. The number of aromatic nitrogens is 1. The van der Waals surface area contributed by atoms with Crippen molar-refractivity contribution in [2.24, 2.45) is 7.05 Å². The van der Waals surface area contributed by atoms with Crippen LogP contribution in [0.15, 0.2) is 30.6 Å². The predicted molar refractivity (Wildman–Crippen MR) is 62.8 cm³/mol. The van der Waals surface area contributed by atoms with Crippen LogP contribution >= 0.6 is 0 Å². The second-order valence-corrected chi connectivity index (χ2v) is 3.87. The SMILES string of the molecule is C=C(C)COCCNCc1ccn(C)c1. The average molecular weight is 208 g/mol. The van der Waals surface area contributed by atoms with Crippen molar-refractivity contribution in [2.45, 2.75) is 13.5 Å². The van der Waals surface area contributed by atoms with Gasteiger partial charge in [-0.25, -0.2) is 0 Å². The molecule has 0 unspecified atom stereocenters. The highest BCUT2D eigenvalue weighted by Crippen LogP contribution is 1.97. The number of aryl methyl sites for hydroxylation is 1. The molecule has 1 N–H and O–H groups in total. The summed E-state index contributed by atoms with van der Waals surface area (Å²) in [5.74, 6) is 0. The van der Waals surface area contributed by atoms with Crippen LogP contribution in [0.5, 0.6) is 0 Å². The largest absolute Gasteiger partial charge is 0.376 e. The third kappa shape index (κ3) is 5.40. The molecule has 0 spiro atoms. The predicted octanol–water partition coefficient (Wildman–Crippen LogP) is 1.71. The van der Waals surface area contributed by atoms with Gasteiger partial charge in [-0.05, 0) is 18.6 Å². The lowest BCUT2D eigenvalue weighted by molar-refractivity contribution is 0.158. The van der Waals surface area contributed by atoms with E-state index < -0.39 is 0 Å². The van der Waals surface area contributed by atoms with E-state index in [9.17, 15) is 0 Å². The Kier molecular flexibility index (Phi) is 5.15. The van der Waals surface area contributed by atoms with Gasteiger partial charge < -0.3 is 14.6 Å². The van der Waals surface area contributed by atoms with Crippen molar-refractivity contribution in [3.63, 3.8) is 0 Å². The first-order valence-electron chi connectivity index (χ1n) is 5.22. The molecule has 84 valence electrons. The highest BCUT2D eigenvalue weighted by atomic mass is 16.5. The van der Waals surface area contributed by atoms with E-state index in [0.717, 1.165) is 25.3 Å². The third-order valence-electron chi connectivity index (χ3n) is 1.99. The normalized spacial score (nSPS) is 10.5. The second-order valence-electron chi connectivity index (χ2n) is 3.87. The van der Waals surface area contributed by atoms with Crippen molar-refractivity contribution in [3.05, 3.63) is 36.2 Å². The van der Waals surface area contributed by atoms with Crippen LogP contribution in [0.4, 0.5) is 0 Å². The van der Waals surface area contributed by atoms with Crippen LogP contribution in [0.1, 0.15) is 12.5 Å². The molecule has 1 aromatic rings. The summed E-state index contributed by atoms with van der Waals surface area (Å²) in [6.07, 6.45) is 4.16. The highest BCUT2D eigenvalue weighted by molar-refractivity contribution is 5.09. The van der Waals surface area contributed by atoms with Crippen molar-refractivity contribution in [2.75, 3.05) is 19.8 Å². The summed E-state index contributed by atoms with van der Waals surface area (Å²) in [6, 6.07) is 2.11. The molecule has 0 radical (unpaired) electrons. The van der Waals surface area contributed by atoms with E-state index in [2.05, 4.69) is 34.9 Å².